The number of benzene rings is 1. The summed E-state index contributed by atoms with van der Waals surface area (Å²) < 4.78 is 5.69. The minimum absolute atomic E-state index is 0.0911. The molecule has 1 fully saturated rings. The highest BCUT2D eigenvalue weighted by molar-refractivity contribution is 9.10. The first-order chi connectivity index (χ1) is 11.9. The maximum absolute atomic E-state index is 12.8. The second kappa shape index (κ2) is 6.40. The van der Waals surface area contributed by atoms with Gasteiger partial charge in [-0.2, -0.15) is 5.10 Å². The van der Waals surface area contributed by atoms with Gasteiger partial charge >= 0.3 is 5.97 Å². The summed E-state index contributed by atoms with van der Waals surface area (Å²) in [6, 6.07) is 5.41. The number of amides is 3. The van der Waals surface area contributed by atoms with Crippen molar-refractivity contribution in [2.24, 2.45) is 11.0 Å². The zero-order valence-electron chi connectivity index (χ0n) is 13.4. The molecule has 0 radical (unpaired) electrons. The van der Waals surface area contributed by atoms with Gasteiger partial charge in [-0.25, -0.2) is 14.7 Å². The van der Waals surface area contributed by atoms with Gasteiger partial charge in [-0.05, 0) is 31.2 Å². The molecule has 0 aromatic heterocycles. The summed E-state index contributed by atoms with van der Waals surface area (Å²) in [5, 5.41) is 4.77. The molecule has 130 valence electrons. The van der Waals surface area contributed by atoms with Crippen molar-refractivity contribution in [1.82, 2.24) is 5.01 Å². The topological polar surface area (TPSA) is 96.3 Å². The highest BCUT2D eigenvalue weighted by atomic mass is 79.9. The molecule has 25 heavy (non-hydrogen) atoms. The van der Waals surface area contributed by atoms with Crippen LogP contribution in [0, 0.1) is 5.92 Å². The minimum Gasteiger partial charge on any atom is -0.461 e. The molecule has 2 aliphatic heterocycles. The van der Waals surface area contributed by atoms with Crippen LogP contribution in [0.3, 0.4) is 0 Å². The Balaban J connectivity index is 2.03. The lowest BCUT2D eigenvalue weighted by Gasteiger charge is -2.19. The highest BCUT2D eigenvalue weighted by Gasteiger charge is 2.59. The van der Waals surface area contributed by atoms with Crippen molar-refractivity contribution >= 4 is 51.0 Å². The third-order valence-electron chi connectivity index (χ3n) is 3.94. The van der Waals surface area contributed by atoms with Gasteiger partial charge in [0.05, 0.1) is 12.3 Å². The number of carbonyl (C=O) groups is 4. The Morgan fingerprint density at radius 3 is 2.40 bits per heavy atom. The summed E-state index contributed by atoms with van der Waals surface area (Å²) in [6.45, 7) is 2.92. The van der Waals surface area contributed by atoms with E-state index in [1.807, 2.05) is 0 Å². The van der Waals surface area contributed by atoms with E-state index in [2.05, 4.69) is 21.0 Å². The number of fused-ring (bicyclic) bond motifs is 1. The monoisotopic (exact) mass is 407 g/mol. The SMILES string of the molecule is CCOC(=O)C1=NN(C(C)=O)[C@@H]2C(=O)N(c3ccc(Br)cc3)C(=O)[C@H]12. The summed E-state index contributed by atoms with van der Waals surface area (Å²) in [5.74, 6) is -3.70. The number of esters is 1. The lowest BCUT2D eigenvalue weighted by atomic mass is 9.98. The molecule has 9 heteroatoms. The van der Waals surface area contributed by atoms with E-state index < -0.39 is 35.7 Å². The van der Waals surface area contributed by atoms with Crippen LogP contribution in [0.1, 0.15) is 13.8 Å². The standard InChI is InChI=1S/C16H14BrN3O5/c1-3-25-16(24)12-11-13(20(18-12)8(2)21)15(23)19(14(11)22)10-6-4-9(17)5-7-10/h4-7,11,13H,3H2,1-2H3/t11-,13+/m1/s1. The van der Waals surface area contributed by atoms with Gasteiger partial charge < -0.3 is 4.74 Å². The predicted octanol–water partition coefficient (Wildman–Crippen LogP) is 1.09. The Morgan fingerprint density at radius 2 is 1.84 bits per heavy atom. The Labute approximate surface area is 151 Å². The van der Waals surface area contributed by atoms with Crippen LogP contribution >= 0.6 is 15.9 Å². The summed E-state index contributed by atoms with van der Waals surface area (Å²) in [7, 11) is 0. The zero-order valence-corrected chi connectivity index (χ0v) is 15.0. The van der Waals surface area contributed by atoms with E-state index in [0.717, 1.165) is 14.4 Å². The number of anilines is 1. The van der Waals surface area contributed by atoms with Crippen molar-refractivity contribution in [3.63, 3.8) is 0 Å². The smallest absolute Gasteiger partial charge is 0.355 e. The van der Waals surface area contributed by atoms with Gasteiger partial charge in [-0.1, -0.05) is 15.9 Å². The molecule has 0 bridgehead atoms. The molecule has 0 unspecified atom stereocenters. The largest absolute Gasteiger partial charge is 0.461 e. The number of halogens is 1. The molecule has 2 atom stereocenters. The van der Waals surface area contributed by atoms with Crippen LogP contribution in [-0.4, -0.2) is 47.1 Å². The molecule has 1 saturated heterocycles. The summed E-state index contributed by atoms with van der Waals surface area (Å²) in [4.78, 5) is 50.6. The first-order valence-electron chi connectivity index (χ1n) is 7.55. The van der Waals surface area contributed by atoms with E-state index >= 15 is 0 Å². The molecular weight excluding hydrogens is 394 g/mol. The van der Waals surface area contributed by atoms with Gasteiger partial charge in [0.25, 0.3) is 5.91 Å². The van der Waals surface area contributed by atoms with Gasteiger partial charge in [0.2, 0.25) is 11.8 Å². The molecule has 0 aliphatic carbocycles. The molecular formula is C16H14BrN3O5. The number of hydrogen-bond acceptors (Lipinski definition) is 6. The van der Waals surface area contributed by atoms with E-state index in [1.165, 1.54) is 6.92 Å². The van der Waals surface area contributed by atoms with E-state index in [1.54, 1.807) is 31.2 Å². The molecule has 8 nitrogen and oxygen atoms in total. The average Bonchev–Trinajstić information content (AvgIpc) is 3.07. The maximum Gasteiger partial charge on any atom is 0.355 e. The number of nitrogens with zero attached hydrogens (tertiary/aromatic N) is 3. The van der Waals surface area contributed by atoms with E-state index in [0.29, 0.717) is 5.69 Å². The molecule has 0 N–H and O–H groups in total. The fraction of sp³-hybridized carbons (Fsp3) is 0.312. The predicted molar refractivity (Wildman–Crippen MR) is 90.5 cm³/mol. The summed E-state index contributed by atoms with van der Waals surface area (Å²) in [5.41, 5.74) is 0.138. The molecule has 0 saturated carbocycles. The third kappa shape index (κ3) is 2.74. The number of imide groups is 1. The zero-order chi connectivity index (χ0) is 18.3. The van der Waals surface area contributed by atoms with Gasteiger partial charge in [-0.3, -0.25) is 14.4 Å². The maximum atomic E-state index is 12.8. The van der Waals surface area contributed by atoms with Crippen molar-refractivity contribution in [3.05, 3.63) is 28.7 Å². The lowest BCUT2D eigenvalue weighted by Crippen LogP contribution is -2.41. The third-order valence-corrected chi connectivity index (χ3v) is 4.47. The number of hydrazone groups is 1. The molecule has 2 heterocycles. The van der Waals surface area contributed by atoms with Crippen molar-refractivity contribution < 1.29 is 23.9 Å². The van der Waals surface area contributed by atoms with Gasteiger partial charge in [0.15, 0.2) is 11.8 Å². The quantitative estimate of drug-likeness (QED) is 0.551. The molecule has 3 amide bonds. The second-order valence-corrected chi connectivity index (χ2v) is 6.40. The minimum atomic E-state index is -1.16. The Kier molecular flexibility index (Phi) is 4.42. The first kappa shape index (κ1) is 17.3. The second-order valence-electron chi connectivity index (χ2n) is 5.48. The van der Waals surface area contributed by atoms with E-state index in [4.69, 9.17) is 4.74 Å². The molecule has 1 aromatic carbocycles. The first-order valence-corrected chi connectivity index (χ1v) is 8.35. The summed E-state index contributed by atoms with van der Waals surface area (Å²) >= 11 is 3.29. The average molecular weight is 408 g/mol. The van der Waals surface area contributed by atoms with Crippen molar-refractivity contribution in [3.8, 4) is 0 Å². The van der Waals surface area contributed by atoms with Crippen molar-refractivity contribution in [1.29, 1.82) is 0 Å². The van der Waals surface area contributed by atoms with Crippen LogP contribution in [-0.2, 0) is 23.9 Å². The lowest BCUT2D eigenvalue weighted by molar-refractivity contribution is -0.136. The number of hydrogen-bond donors (Lipinski definition) is 0. The Morgan fingerprint density at radius 1 is 1.20 bits per heavy atom. The van der Waals surface area contributed by atoms with Crippen LogP contribution in [0.4, 0.5) is 5.69 Å². The van der Waals surface area contributed by atoms with Crippen LogP contribution in [0.5, 0.6) is 0 Å². The fourth-order valence-corrected chi connectivity index (χ4v) is 3.16. The molecule has 2 aliphatic rings. The van der Waals surface area contributed by atoms with E-state index in [9.17, 15) is 19.2 Å². The van der Waals surface area contributed by atoms with Crippen LogP contribution in [0.15, 0.2) is 33.8 Å². The van der Waals surface area contributed by atoms with Crippen molar-refractivity contribution in [2.75, 3.05) is 11.5 Å². The van der Waals surface area contributed by atoms with Gasteiger partial charge in [0.1, 0.15) is 5.92 Å². The fourth-order valence-electron chi connectivity index (χ4n) is 2.89. The highest BCUT2D eigenvalue weighted by Crippen LogP contribution is 2.35. The molecule has 3 rings (SSSR count). The van der Waals surface area contributed by atoms with Crippen LogP contribution < -0.4 is 4.90 Å². The van der Waals surface area contributed by atoms with Gasteiger partial charge in [-0.15, -0.1) is 0 Å². The Hall–Kier alpha value is -2.55. The van der Waals surface area contributed by atoms with Crippen molar-refractivity contribution in [2.45, 2.75) is 19.9 Å². The van der Waals surface area contributed by atoms with Gasteiger partial charge in [0, 0.05) is 11.4 Å². The van der Waals surface area contributed by atoms with E-state index in [-0.39, 0.29) is 12.3 Å². The number of ether oxygens (including phenoxy) is 1. The number of carbonyl (C=O) groups excluding carboxylic acids is 4. The molecule has 0 spiro atoms. The Bertz CT molecular complexity index is 804. The normalized spacial score (nSPS) is 22.1. The summed E-state index contributed by atoms with van der Waals surface area (Å²) in [6.07, 6.45) is 0. The van der Waals surface area contributed by atoms with Crippen LogP contribution in [0.2, 0.25) is 0 Å². The van der Waals surface area contributed by atoms with Crippen LogP contribution in [0.25, 0.3) is 0 Å². The number of rotatable bonds is 3. The molecule has 1 aromatic rings.